The van der Waals surface area contributed by atoms with E-state index in [4.69, 9.17) is 9.47 Å². The van der Waals surface area contributed by atoms with Gasteiger partial charge in [-0.05, 0) is 32.3 Å². The average Bonchev–Trinajstić information content (AvgIpc) is 3.05. The Balaban J connectivity index is 1.50. The van der Waals surface area contributed by atoms with Crippen LogP contribution in [-0.2, 0) is 11.2 Å². The van der Waals surface area contributed by atoms with Gasteiger partial charge in [0.15, 0.2) is 11.5 Å². The van der Waals surface area contributed by atoms with E-state index in [0.717, 1.165) is 24.3 Å². The monoisotopic (exact) mass is 289 g/mol. The van der Waals surface area contributed by atoms with Crippen LogP contribution < -0.4 is 14.8 Å². The van der Waals surface area contributed by atoms with E-state index in [9.17, 15) is 4.79 Å². The maximum absolute atomic E-state index is 11.7. The van der Waals surface area contributed by atoms with Gasteiger partial charge in [-0.1, -0.05) is 19.1 Å². The summed E-state index contributed by atoms with van der Waals surface area (Å²) in [5, 5.41) is 2.92. The first-order valence-corrected chi connectivity index (χ1v) is 7.68. The quantitative estimate of drug-likeness (QED) is 0.847. The minimum absolute atomic E-state index is 0.154. The summed E-state index contributed by atoms with van der Waals surface area (Å²) in [7, 11) is 0. The molecule has 2 aliphatic rings. The van der Waals surface area contributed by atoms with Gasteiger partial charge < -0.3 is 14.8 Å². The molecule has 1 N–H and O–H groups in total. The maximum Gasteiger partial charge on any atom is 0.223 e. The maximum atomic E-state index is 11.7. The predicted molar refractivity (Wildman–Crippen MR) is 80.6 cm³/mol. The van der Waals surface area contributed by atoms with Crippen LogP contribution in [-0.4, -0.2) is 24.7 Å². The summed E-state index contributed by atoms with van der Waals surface area (Å²) in [5.74, 6) is 2.53. The first-order chi connectivity index (χ1) is 9.96. The number of fused-ring (bicyclic) bond motifs is 1. The van der Waals surface area contributed by atoms with Gasteiger partial charge in [0.1, 0.15) is 12.2 Å². The lowest BCUT2D eigenvalue weighted by atomic mass is 10.0. The third kappa shape index (κ3) is 3.14. The van der Waals surface area contributed by atoms with Gasteiger partial charge in [0.2, 0.25) is 5.91 Å². The molecule has 2 atom stereocenters. The van der Waals surface area contributed by atoms with Crippen molar-refractivity contribution in [2.45, 2.75) is 39.2 Å². The number of benzene rings is 1. The van der Waals surface area contributed by atoms with Crippen LogP contribution in [0.4, 0.5) is 0 Å². The van der Waals surface area contributed by atoms with E-state index in [0.29, 0.717) is 19.1 Å². The topological polar surface area (TPSA) is 47.6 Å². The number of ether oxygens (including phenoxy) is 2. The number of para-hydroxylation sites is 1. The van der Waals surface area contributed by atoms with Crippen molar-refractivity contribution in [1.82, 2.24) is 5.32 Å². The fourth-order valence-corrected chi connectivity index (χ4v) is 2.85. The lowest BCUT2D eigenvalue weighted by Gasteiger charge is -2.18. The van der Waals surface area contributed by atoms with Gasteiger partial charge in [0.05, 0.1) is 6.54 Å². The molecule has 21 heavy (non-hydrogen) atoms. The van der Waals surface area contributed by atoms with Crippen LogP contribution >= 0.6 is 0 Å². The Labute approximate surface area is 125 Å². The van der Waals surface area contributed by atoms with E-state index >= 15 is 0 Å². The number of rotatable bonds is 5. The molecular formula is C17H23NO3. The number of carbonyl (C=O) groups excluding carboxylic acids is 1. The van der Waals surface area contributed by atoms with Crippen molar-refractivity contribution < 1.29 is 14.3 Å². The first-order valence-electron chi connectivity index (χ1n) is 7.68. The minimum atomic E-state index is -0.169. The average molecular weight is 289 g/mol. The van der Waals surface area contributed by atoms with E-state index in [1.165, 1.54) is 5.56 Å². The Bertz CT molecular complexity index is 553. The predicted octanol–water partition coefficient (Wildman–Crippen LogP) is 2.55. The zero-order valence-electron chi connectivity index (χ0n) is 12.9. The van der Waals surface area contributed by atoms with Crippen molar-refractivity contribution in [3.05, 3.63) is 23.8 Å². The highest BCUT2D eigenvalue weighted by Gasteiger charge is 2.38. The Morgan fingerprint density at radius 3 is 2.95 bits per heavy atom. The number of nitrogens with one attached hydrogen (secondary N) is 1. The summed E-state index contributed by atoms with van der Waals surface area (Å²) >= 11 is 0. The fourth-order valence-electron chi connectivity index (χ4n) is 2.85. The second kappa shape index (κ2) is 5.24. The highest BCUT2D eigenvalue weighted by atomic mass is 16.5. The van der Waals surface area contributed by atoms with E-state index in [1.54, 1.807) is 0 Å². The molecule has 1 amide bonds. The normalized spacial score (nSPS) is 24.9. The van der Waals surface area contributed by atoms with Gasteiger partial charge >= 0.3 is 0 Å². The van der Waals surface area contributed by atoms with Crippen LogP contribution in [0.25, 0.3) is 0 Å². The van der Waals surface area contributed by atoms with Crippen molar-refractivity contribution in [3.8, 4) is 11.5 Å². The molecule has 1 aliphatic carbocycles. The number of amides is 1. The van der Waals surface area contributed by atoms with Gasteiger partial charge in [0.25, 0.3) is 0 Å². The van der Waals surface area contributed by atoms with Crippen LogP contribution in [0, 0.1) is 11.8 Å². The highest BCUT2D eigenvalue weighted by molar-refractivity contribution is 5.81. The molecule has 0 bridgehead atoms. The zero-order valence-corrected chi connectivity index (χ0v) is 12.9. The van der Waals surface area contributed by atoms with Gasteiger partial charge in [-0.2, -0.15) is 0 Å². The fraction of sp³-hybridized carbons (Fsp3) is 0.588. The van der Waals surface area contributed by atoms with Crippen LogP contribution in [0.1, 0.15) is 32.8 Å². The molecule has 1 saturated carbocycles. The van der Waals surface area contributed by atoms with E-state index in [2.05, 4.69) is 32.2 Å². The van der Waals surface area contributed by atoms with Crippen LogP contribution in [0.5, 0.6) is 11.5 Å². The molecule has 0 aromatic heterocycles. The third-order valence-electron chi connectivity index (χ3n) is 4.16. The van der Waals surface area contributed by atoms with Crippen molar-refractivity contribution in [1.29, 1.82) is 0 Å². The van der Waals surface area contributed by atoms with E-state index in [1.807, 2.05) is 12.1 Å². The van der Waals surface area contributed by atoms with Crippen molar-refractivity contribution >= 4 is 5.91 Å². The molecule has 1 fully saturated rings. The zero-order chi connectivity index (χ0) is 15.0. The molecule has 0 unspecified atom stereocenters. The Kier molecular flexibility index (Phi) is 3.56. The Hall–Kier alpha value is -1.71. The van der Waals surface area contributed by atoms with Crippen molar-refractivity contribution in [2.75, 3.05) is 13.2 Å². The molecular weight excluding hydrogens is 266 g/mol. The SMILES string of the molecule is C[C@H]1C[C@@H]1C(=O)NCCOc1cccc2c1OC(C)(C)C2. The molecule has 0 radical (unpaired) electrons. The van der Waals surface area contributed by atoms with Crippen LogP contribution in [0.2, 0.25) is 0 Å². The highest BCUT2D eigenvalue weighted by Crippen LogP contribution is 2.41. The van der Waals surface area contributed by atoms with Gasteiger partial charge in [-0.3, -0.25) is 4.79 Å². The molecule has 1 aromatic rings. The summed E-state index contributed by atoms with van der Waals surface area (Å²) < 4.78 is 11.7. The second-order valence-electron chi connectivity index (χ2n) is 6.74. The number of hydrogen-bond donors (Lipinski definition) is 1. The lowest BCUT2D eigenvalue weighted by molar-refractivity contribution is -0.122. The molecule has 114 valence electrons. The smallest absolute Gasteiger partial charge is 0.223 e. The Morgan fingerprint density at radius 1 is 1.48 bits per heavy atom. The minimum Gasteiger partial charge on any atom is -0.488 e. The number of hydrogen-bond acceptors (Lipinski definition) is 3. The first kappa shape index (κ1) is 14.2. The summed E-state index contributed by atoms with van der Waals surface area (Å²) in [5.41, 5.74) is 1.02. The summed E-state index contributed by atoms with van der Waals surface area (Å²) in [4.78, 5) is 11.7. The molecule has 4 nitrogen and oxygen atoms in total. The largest absolute Gasteiger partial charge is 0.488 e. The van der Waals surface area contributed by atoms with Crippen LogP contribution in [0.3, 0.4) is 0 Å². The molecule has 1 heterocycles. The molecule has 1 aromatic carbocycles. The molecule has 3 rings (SSSR count). The standard InChI is InChI=1S/C17H23NO3/c1-11-9-13(11)16(19)18-7-8-20-14-6-4-5-12-10-17(2,3)21-15(12)14/h4-6,11,13H,7-10H2,1-3H3,(H,18,19)/t11-,13-/m0/s1. The molecule has 0 spiro atoms. The van der Waals surface area contributed by atoms with Crippen LogP contribution in [0.15, 0.2) is 18.2 Å². The summed E-state index contributed by atoms with van der Waals surface area (Å²) in [6.07, 6.45) is 1.91. The molecule has 0 saturated heterocycles. The van der Waals surface area contributed by atoms with Gasteiger partial charge in [-0.15, -0.1) is 0 Å². The van der Waals surface area contributed by atoms with Gasteiger partial charge in [0, 0.05) is 17.9 Å². The number of carbonyl (C=O) groups is 1. The van der Waals surface area contributed by atoms with Crippen molar-refractivity contribution in [3.63, 3.8) is 0 Å². The van der Waals surface area contributed by atoms with Crippen molar-refractivity contribution in [2.24, 2.45) is 11.8 Å². The Morgan fingerprint density at radius 2 is 2.24 bits per heavy atom. The lowest BCUT2D eigenvalue weighted by Crippen LogP contribution is -2.29. The second-order valence-corrected chi connectivity index (χ2v) is 6.74. The summed E-state index contributed by atoms with van der Waals surface area (Å²) in [6, 6.07) is 5.99. The molecule has 4 heteroatoms. The third-order valence-corrected chi connectivity index (χ3v) is 4.16. The summed E-state index contributed by atoms with van der Waals surface area (Å²) in [6.45, 7) is 7.26. The van der Waals surface area contributed by atoms with E-state index in [-0.39, 0.29) is 17.4 Å². The van der Waals surface area contributed by atoms with Gasteiger partial charge in [-0.25, -0.2) is 0 Å². The molecule has 1 aliphatic heterocycles. The van der Waals surface area contributed by atoms with E-state index < -0.39 is 0 Å².